The summed E-state index contributed by atoms with van der Waals surface area (Å²) in [7, 11) is 0. The number of hydrogen-bond donors (Lipinski definition) is 2. The Morgan fingerprint density at radius 3 is 2.96 bits per heavy atom. The Bertz CT molecular complexity index is 867. The van der Waals surface area contributed by atoms with Gasteiger partial charge in [-0.15, -0.1) is 10.2 Å². The van der Waals surface area contributed by atoms with Crippen LogP contribution in [0.4, 0.5) is 0 Å². The molecule has 3 rings (SSSR count). The summed E-state index contributed by atoms with van der Waals surface area (Å²) in [6, 6.07) is 9.97. The first-order valence-corrected chi connectivity index (χ1v) is 8.79. The summed E-state index contributed by atoms with van der Waals surface area (Å²) >= 11 is 3.59. The number of nitrogens with one attached hydrogen (secondary N) is 2. The van der Waals surface area contributed by atoms with E-state index in [1.807, 2.05) is 31.2 Å². The lowest BCUT2D eigenvalue weighted by molar-refractivity contribution is -0.121. The van der Waals surface area contributed by atoms with Gasteiger partial charge in [-0.2, -0.15) is 5.21 Å². The maximum absolute atomic E-state index is 11.6. The molecule has 2 aromatic carbocycles. The normalized spacial score (nSPS) is 10.8. The zero-order valence-electron chi connectivity index (χ0n) is 13.8. The van der Waals surface area contributed by atoms with E-state index in [-0.39, 0.29) is 12.5 Å². The SMILES string of the molecule is CCCC(=O)NCc1ccc2c(Br)c(OCc3nn[nH]n3)ccc2c1. The minimum absolute atomic E-state index is 0.0778. The van der Waals surface area contributed by atoms with Gasteiger partial charge in [-0.05, 0) is 50.8 Å². The number of tetrazole rings is 1. The fourth-order valence-corrected chi connectivity index (χ4v) is 3.05. The minimum Gasteiger partial charge on any atom is -0.484 e. The molecular weight excluding hydrogens is 386 g/mol. The average Bonchev–Trinajstić information content (AvgIpc) is 3.13. The quantitative estimate of drug-likeness (QED) is 0.631. The van der Waals surface area contributed by atoms with Crippen molar-refractivity contribution in [3.05, 3.63) is 46.2 Å². The van der Waals surface area contributed by atoms with E-state index in [2.05, 4.69) is 47.9 Å². The molecule has 1 heterocycles. The highest BCUT2D eigenvalue weighted by Crippen LogP contribution is 2.34. The lowest BCUT2D eigenvalue weighted by Crippen LogP contribution is -2.21. The van der Waals surface area contributed by atoms with Crippen LogP contribution >= 0.6 is 15.9 Å². The zero-order valence-corrected chi connectivity index (χ0v) is 15.3. The van der Waals surface area contributed by atoms with E-state index in [1.165, 1.54) is 0 Å². The first kappa shape index (κ1) is 17.3. The molecule has 130 valence electrons. The Morgan fingerprint density at radius 2 is 2.20 bits per heavy atom. The molecule has 2 N–H and O–H groups in total. The molecular formula is C17H18BrN5O2. The van der Waals surface area contributed by atoms with E-state index in [4.69, 9.17) is 4.74 Å². The number of nitrogens with zero attached hydrogens (tertiary/aromatic N) is 3. The van der Waals surface area contributed by atoms with Crippen molar-refractivity contribution in [2.75, 3.05) is 0 Å². The Morgan fingerprint density at radius 1 is 1.32 bits per heavy atom. The van der Waals surface area contributed by atoms with Crippen molar-refractivity contribution in [3.63, 3.8) is 0 Å². The molecule has 1 aromatic heterocycles. The van der Waals surface area contributed by atoms with E-state index >= 15 is 0 Å². The largest absolute Gasteiger partial charge is 0.484 e. The molecule has 0 radical (unpaired) electrons. The van der Waals surface area contributed by atoms with Gasteiger partial charge < -0.3 is 10.1 Å². The topological polar surface area (TPSA) is 92.8 Å². The number of amides is 1. The number of carbonyl (C=O) groups excluding carboxylic acids is 1. The van der Waals surface area contributed by atoms with Gasteiger partial charge in [-0.3, -0.25) is 4.79 Å². The van der Waals surface area contributed by atoms with E-state index in [1.54, 1.807) is 0 Å². The predicted octanol–water partition coefficient (Wildman–Crippen LogP) is 3.11. The molecule has 0 saturated heterocycles. The molecule has 0 fully saturated rings. The molecule has 3 aromatic rings. The van der Waals surface area contributed by atoms with E-state index < -0.39 is 0 Å². The minimum atomic E-state index is 0.0778. The van der Waals surface area contributed by atoms with Gasteiger partial charge >= 0.3 is 0 Å². The van der Waals surface area contributed by atoms with Crippen LogP contribution in [0.1, 0.15) is 31.2 Å². The first-order chi connectivity index (χ1) is 12.2. The molecule has 0 spiro atoms. The van der Waals surface area contributed by atoms with Crippen LogP contribution in [-0.2, 0) is 17.9 Å². The van der Waals surface area contributed by atoms with Crippen LogP contribution in [0, 0.1) is 0 Å². The highest BCUT2D eigenvalue weighted by molar-refractivity contribution is 9.10. The summed E-state index contributed by atoms with van der Waals surface area (Å²) in [4.78, 5) is 11.6. The second-order valence-corrected chi connectivity index (χ2v) is 6.37. The van der Waals surface area contributed by atoms with Crippen molar-refractivity contribution < 1.29 is 9.53 Å². The van der Waals surface area contributed by atoms with Crippen molar-refractivity contribution >= 4 is 32.6 Å². The van der Waals surface area contributed by atoms with Crippen molar-refractivity contribution in [2.45, 2.75) is 32.9 Å². The average molecular weight is 404 g/mol. The maximum Gasteiger partial charge on any atom is 0.220 e. The number of hydrogen-bond acceptors (Lipinski definition) is 5. The molecule has 0 atom stereocenters. The number of rotatable bonds is 7. The van der Waals surface area contributed by atoms with Crippen molar-refractivity contribution in [1.82, 2.24) is 25.9 Å². The second-order valence-electron chi connectivity index (χ2n) is 5.58. The number of fused-ring (bicyclic) bond motifs is 1. The van der Waals surface area contributed by atoms with E-state index in [9.17, 15) is 4.79 Å². The third kappa shape index (κ3) is 4.33. The third-order valence-corrected chi connectivity index (χ3v) is 4.51. The van der Waals surface area contributed by atoms with Crippen LogP contribution in [0.3, 0.4) is 0 Å². The van der Waals surface area contributed by atoms with Crippen LogP contribution in [-0.4, -0.2) is 26.5 Å². The lowest BCUT2D eigenvalue weighted by atomic mass is 10.1. The van der Waals surface area contributed by atoms with Crippen molar-refractivity contribution in [2.24, 2.45) is 0 Å². The van der Waals surface area contributed by atoms with Crippen molar-refractivity contribution in [1.29, 1.82) is 0 Å². The number of aromatic amines is 1. The van der Waals surface area contributed by atoms with Gasteiger partial charge in [0.15, 0.2) is 6.61 Å². The predicted molar refractivity (Wildman–Crippen MR) is 96.9 cm³/mol. The molecule has 0 bridgehead atoms. The van der Waals surface area contributed by atoms with Crippen LogP contribution in [0.25, 0.3) is 10.8 Å². The molecule has 0 aliphatic carbocycles. The number of aromatic nitrogens is 4. The van der Waals surface area contributed by atoms with Crippen LogP contribution in [0.15, 0.2) is 34.8 Å². The summed E-state index contributed by atoms with van der Waals surface area (Å²) in [5.74, 6) is 1.28. The molecule has 0 aliphatic rings. The number of halogens is 1. The summed E-state index contributed by atoms with van der Waals surface area (Å²) in [5, 5.41) is 18.6. The molecule has 1 amide bonds. The number of carbonyl (C=O) groups is 1. The Labute approximate surface area is 153 Å². The van der Waals surface area contributed by atoms with Gasteiger partial charge in [0, 0.05) is 13.0 Å². The van der Waals surface area contributed by atoms with Gasteiger partial charge in [0.1, 0.15) is 5.75 Å². The molecule has 7 nitrogen and oxygen atoms in total. The summed E-state index contributed by atoms with van der Waals surface area (Å²) in [6.45, 7) is 2.76. The van der Waals surface area contributed by atoms with Crippen LogP contribution in [0.5, 0.6) is 5.75 Å². The lowest BCUT2D eigenvalue weighted by Gasteiger charge is -2.11. The fourth-order valence-electron chi connectivity index (χ4n) is 2.44. The third-order valence-electron chi connectivity index (χ3n) is 3.70. The molecule has 0 aliphatic heterocycles. The Balaban J connectivity index is 1.73. The molecule has 0 saturated carbocycles. The standard InChI is InChI=1S/C17H18BrN5O2/c1-2-3-16(24)19-9-11-4-6-13-12(8-11)5-7-14(17(13)18)25-10-15-20-22-23-21-15/h4-8H,2-3,9-10H2,1H3,(H,19,24)(H,20,21,22,23). The first-order valence-electron chi connectivity index (χ1n) is 8.00. The number of H-pyrrole nitrogens is 1. The number of ether oxygens (including phenoxy) is 1. The zero-order chi connectivity index (χ0) is 17.6. The maximum atomic E-state index is 11.6. The number of benzene rings is 2. The summed E-state index contributed by atoms with van der Waals surface area (Å²) < 4.78 is 6.61. The highest BCUT2D eigenvalue weighted by atomic mass is 79.9. The smallest absolute Gasteiger partial charge is 0.220 e. The summed E-state index contributed by atoms with van der Waals surface area (Å²) in [5.41, 5.74) is 1.06. The Hall–Kier alpha value is -2.48. The van der Waals surface area contributed by atoms with Crippen LogP contribution in [0.2, 0.25) is 0 Å². The highest BCUT2D eigenvalue weighted by Gasteiger charge is 2.09. The summed E-state index contributed by atoms with van der Waals surface area (Å²) in [6.07, 6.45) is 1.41. The molecule has 0 unspecified atom stereocenters. The van der Waals surface area contributed by atoms with Gasteiger partial charge in [-0.1, -0.05) is 30.3 Å². The monoisotopic (exact) mass is 403 g/mol. The van der Waals surface area contributed by atoms with Gasteiger partial charge in [0.2, 0.25) is 11.7 Å². The van der Waals surface area contributed by atoms with E-state index in [0.717, 1.165) is 27.2 Å². The second kappa shape index (κ2) is 8.06. The fraction of sp³-hybridized carbons (Fsp3) is 0.294. The Kier molecular flexibility index (Phi) is 5.60. The molecule has 8 heteroatoms. The van der Waals surface area contributed by atoms with Crippen molar-refractivity contribution in [3.8, 4) is 5.75 Å². The van der Waals surface area contributed by atoms with Gasteiger partial charge in [0.25, 0.3) is 0 Å². The van der Waals surface area contributed by atoms with E-state index in [0.29, 0.717) is 24.5 Å². The van der Waals surface area contributed by atoms with Gasteiger partial charge in [-0.25, -0.2) is 0 Å². The molecule has 25 heavy (non-hydrogen) atoms. The van der Waals surface area contributed by atoms with Crippen LogP contribution < -0.4 is 10.1 Å². The van der Waals surface area contributed by atoms with Gasteiger partial charge in [0.05, 0.1) is 4.47 Å².